The van der Waals surface area contributed by atoms with Crippen molar-refractivity contribution >= 4 is 33.2 Å². The molecule has 3 rings (SSSR count). The number of carbonyl (C=O) groups excluding carboxylic acids is 1. The van der Waals surface area contributed by atoms with Gasteiger partial charge in [0.25, 0.3) is 0 Å². The smallest absolute Gasteiger partial charge is 0.246 e. The van der Waals surface area contributed by atoms with Crippen LogP contribution in [0.2, 0.25) is 5.02 Å². The van der Waals surface area contributed by atoms with Crippen LogP contribution in [-0.2, 0) is 21.4 Å². The number of carbonyl (C=O) groups is 1. The molecule has 3 aromatic rings. The molecule has 8 nitrogen and oxygen atoms in total. The second kappa shape index (κ2) is 8.85. The molecule has 0 saturated heterocycles. The summed E-state index contributed by atoms with van der Waals surface area (Å²) in [6.07, 6.45) is 1.04. The Labute approximate surface area is 179 Å². The Morgan fingerprint density at radius 1 is 1.23 bits per heavy atom. The average Bonchev–Trinajstić information content (AvgIpc) is 3.17. The van der Waals surface area contributed by atoms with Gasteiger partial charge in [-0.15, -0.1) is 0 Å². The third kappa shape index (κ3) is 4.98. The highest BCUT2D eigenvalue weighted by Gasteiger charge is 2.29. The molecule has 0 aliphatic rings. The number of amides is 1. The van der Waals surface area contributed by atoms with Crippen molar-refractivity contribution in [2.75, 3.05) is 10.6 Å². The molecule has 2 aromatic carbocycles. The number of hydrogen-bond acceptors (Lipinski definition) is 6. The first kappa shape index (κ1) is 21.8. The molecule has 1 N–H and O–H groups in total. The van der Waals surface area contributed by atoms with Gasteiger partial charge in [0.1, 0.15) is 6.04 Å². The SMILES string of the molecule is Cc1ccc(N([C@H](C)C(=O)NCc2nc(-c3ccccc3)no2)S(C)(=O)=O)cc1Cl. The monoisotopic (exact) mass is 448 g/mol. The van der Waals surface area contributed by atoms with Gasteiger partial charge in [0.15, 0.2) is 0 Å². The molecule has 0 aliphatic heterocycles. The second-order valence-electron chi connectivity index (χ2n) is 6.76. The zero-order chi connectivity index (χ0) is 21.9. The maximum atomic E-state index is 12.7. The van der Waals surface area contributed by atoms with E-state index in [1.807, 2.05) is 30.3 Å². The van der Waals surface area contributed by atoms with Crippen molar-refractivity contribution in [2.24, 2.45) is 0 Å². The Hall–Kier alpha value is -2.91. The van der Waals surface area contributed by atoms with Gasteiger partial charge in [0, 0.05) is 10.6 Å². The maximum absolute atomic E-state index is 12.7. The number of sulfonamides is 1. The summed E-state index contributed by atoms with van der Waals surface area (Å²) in [6.45, 7) is 3.27. The van der Waals surface area contributed by atoms with E-state index < -0.39 is 22.0 Å². The number of aryl methyl sites for hydroxylation is 1. The molecule has 1 heterocycles. The predicted octanol–water partition coefficient (Wildman–Crippen LogP) is 3.17. The number of benzene rings is 2. The van der Waals surface area contributed by atoms with Crippen LogP contribution < -0.4 is 9.62 Å². The van der Waals surface area contributed by atoms with Crippen LogP contribution in [0.4, 0.5) is 5.69 Å². The zero-order valence-corrected chi connectivity index (χ0v) is 18.2. The minimum Gasteiger partial charge on any atom is -0.345 e. The number of halogens is 1. The topological polar surface area (TPSA) is 105 Å². The van der Waals surface area contributed by atoms with Crippen molar-refractivity contribution in [1.29, 1.82) is 0 Å². The molecular weight excluding hydrogens is 428 g/mol. The highest BCUT2D eigenvalue weighted by Crippen LogP contribution is 2.26. The molecule has 0 saturated carbocycles. The summed E-state index contributed by atoms with van der Waals surface area (Å²) in [5, 5.41) is 6.94. The molecule has 30 heavy (non-hydrogen) atoms. The third-order valence-electron chi connectivity index (χ3n) is 4.41. The highest BCUT2D eigenvalue weighted by molar-refractivity contribution is 7.92. The van der Waals surface area contributed by atoms with Gasteiger partial charge in [0.05, 0.1) is 18.5 Å². The van der Waals surface area contributed by atoms with Crippen molar-refractivity contribution in [3.05, 3.63) is 65.0 Å². The van der Waals surface area contributed by atoms with Crippen molar-refractivity contribution in [3.63, 3.8) is 0 Å². The van der Waals surface area contributed by atoms with Crippen molar-refractivity contribution < 1.29 is 17.7 Å². The predicted molar refractivity (Wildman–Crippen MR) is 115 cm³/mol. The lowest BCUT2D eigenvalue weighted by Crippen LogP contribution is -2.47. The number of hydrogen-bond donors (Lipinski definition) is 1. The molecule has 0 unspecified atom stereocenters. The Bertz CT molecular complexity index is 1150. The zero-order valence-electron chi connectivity index (χ0n) is 16.7. The Balaban J connectivity index is 1.73. The van der Waals surface area contributed by atoms with E-state index in [9.17, 15) is 13.2 Å². The van der Waals surface area contributed by atoms with Crippen molar-refractivity contribution in [2.45, 2.75) is 26.4 Å². The molecule has 0 radical (unpaired) electrons. The van der Waals surface area contributed by atoms with Crippen LogP contribution in [0, 0.1) is 6.92 Å². The van der Waals surface area contributed by atoms with Crippen molar-refractivity contribution in [3.8, 4) is 11.4 Å². The van der Waals surface area contributed by atoms with Gasteiger partial charge in [-0.2, -0.15) is 4.98 Å². The van der Waals surface area contributed by atoms with E-state index in [1.54, 1.807) is 19.1 Å². The largest absolute Gasteiger partial charge is 0.345 e. The van der Waals surface area contributed by atoms with Gasteiger partial charge in [-0.1, -0.05) is 53.2 Å². The first-order chi connectivity index (χ1) is 14.2. The molecule has 1 aromatic heterocycles. The number of aromatic nitrogens is 2. The first-order valence-corrected chi connectivity index (χ1v) is 11.3. The molecule has 0 bridgehead atoms. The van der Waals surface area contributed by atoms with Crippen LogP contribution in [0.25, 0.3) is 11.4 Å². The fourth-order valence-corrected chi connectivity index (χ4v) is 4.21. The fraction of sp³-hybridized carbons (Fsp3) is 0.250. The van der Waals surface area contributed by atoms with Gasteiger partial charge in [-0.25, -0.2) is 8.42 Å². The lowest BCUT2D eigenvalue weighted by atomic mass is 10.2. The molecule has 0 aliphatic carbocycles. The minimum atomic E-state index is -3.74. The highest BCUT2D eigenvalue weighted by atomic mass is 35.5. The summed E-state index contributed by atoms with van der Waals surface area (Å²) in [7, 11) is -3.74. The lowest BCUT2D eigenvalue weighted by Gasteiger charge is -2.28. The second-order valence-corrected chi connectivity index (χ2v) is 9.03. The van der Waals surface area contributed by atoms with Crippen LogP contribution in [0.15, 0.2) is 53.1 Å². The fourth-order valence-electron chi connectivity index (χ4n) is 2.87. The van der Waals surface area contributed by atoms with Crippen LogP contribution in [0.1, 0.15) is 18.4 Å². The summed E-state index contributed by atoms with van der Waals surface area (Å²) < 4.78 is 30.9. The molecular formula is C20H21ClN4O4S. The van der Waals surface area contributed by atoms with Gasteiger partial charge < -0.3 is 9.84 Å². The van der Waals surface area contributed by atoms with E-state index in [0.29, 0.717) is 16.5 Å². The molecule has 0 fully saturated rings. The van der Waals surface area contributed by atoms with Gasteiger partial charge in [-0.05, 0) is 31.5 Å². The van der Waals surface area contributed by atoms with E-state index in [1.165, 1.54) is 13.0 Å². The summed E-state index contributed by atoms with van der Waals surface area (Å²) >= 11 is 6.14. The summed E-state index contributed by atoms with van der Waals surface area (Å²) in [5.41, 5.74) is 1.89. The van der Waals surface area contributed by atoms with E-state index in [-0.39, 0.29) is 12.4 Å². The summed E-state index contributed by atoms with van der Waals surface area (Å²) in [4.78, 5) is 16.9. The lowest BCUT2D eigenvalue weighted by molar-refractivity contribution is -0.122. The maximum Gasteiger partial charge on any atom is 0.246 e. The van der Waals surface area contributed by atoms with Gasteiger partial charge >= 0.3 is 0 Å². The number of nitrogens with one attached hydrogen (secondary N) is 1. The number of rotatable bonds is 7. The van der Waals surface area contributed by atoms with Gasteiger partial charge in [0.2, 0.25) is 27.6 Å². The Morgan fingerprint density at radius 2 is 1.93 bits per heavy atom. The van der Waals surface area contributed by atoms with E-state index in [2.05, 4.69) is 15.5 Å². The van der Waals surface area contributed by atoms with E-state index >= 15 is 0 Å². The Kier molecular flexibility index (Phi) is 6.42. The van der Waals surface area contributed by atoms with Gasteiger partial charge in [-0.3, -0.25) is 9.10 Å². The van der Waals surface area contributed by atoms with Crippen molar-refractivity contribution in [1.82, 2.24) is 15.5 Å². The minimum absolute atomic E-state index is 0.0325. The summed E-state index contributed by atoms with van der Waals surface area (Å²) in [6, 6.07) is 13.1. The van der Waals surface area contributed by atoms with E-state index in [4.69, 9.17) is 16.1 Å². The molecule has 1 atom stereocenters. The average molecular weight is 449 g/mol. The molecule has 10 heteroatoms. The van der Waals surface area contributed by atoms with Crippen LogP contribution >= 0.6 is 11.6 Å². The van der Waals surface area contributed by atoms with Crippen LogP contribution in [0.3, 0.4) is 0 Å². The molecule has 1 amide bonds. The Morgan fingerprint density at radius 3 is 2.57 bits per heavy atom. The number of nitrogens with zero attached hydrogens (tertiary/aromatic N) is 3. The quantitative estimate of drug-likeness (QED) is 0.595. The number of anilines is 1. The third-order valence-corrected chi connectivity index (χ3v) is 6.06. The standard InChI is InChI=1S/C20H21ClN4O4S/c1-13-9-10-16(11-17(13)21)25(30(3,27)28)14(2)20(26)22-12-18-23-19(24-29-18)15-7-5-4-6-8-15/h4-11,14H,12H2,1-3H3,(H,22,26)/t14-/m1/s1. The summed E-state index contributed by atoms with van der Waals surface area (Å²) in [5.74, 6) is 0.0928. The molecule has 0 spiro atoms. The van der Waals surface area contributed by atoms with Crippen LogP contribution in [0.5, 0.6) is 0 Å². The first-order valence-electron chi connectivity index (χ1n) is 9.08. The normalized spacial score (nSPS) is 12.4. The molecule has 158 valence electrons. The van der Waals surface area contributed by atoms with Crippen LogP contribution in [-0.4, -0.2) is 36.8 Å². The van der Waals surface area contributed by atoms with E-state index in [0.717, 1.165) is 21.7 Å².